The SMILES string of the molecule is COc1cc(CN2CCCC(C(=O)O)C2)ccc1OCCC(C)C. The standard InChI is InChI=1S/C19H29NO4/c1-14(2)8-10-24-17-7-6-15(11-18(17)23-3)12-20-9-4-5-16(13-20)19(21)22/h6-7,11,14,16H,4-5,8-10,12-13H2,1-3H3,(H,21,22). The summed E-state index contributed by atoms with van der Waals surface area (Å²) in [5.41, 5.74) is 1.12. The zero-order valence-corrected chi connectivity index (χ0v) is 15.0. The number of carbonyl (C=O) groups is 1. The number of carboxylic acids is 1. The van der Waals surface area contributed by atoms with Crippen molar-refractivity contribution >= 4 is 5.97 Å². The van der Waals surface area contributed by atoms with Crippen LogP contribution in [-0.4, -0.2) is 42.8 Å². The normalized spacial score (nSPS) is 18.6. The largest absolute Gasteiger partial charge is 0.493 e. The van der Waals surface area contributed by atoms with E-state index in [2.05, 4.69) is 18.7 Å². The number of nitrogens with zero attached hydrogens (tertiary/aromatic N) is 1. The van der Waals surface area contributed by atoms with Gasteiger partial charge in [-0.25, -0.2) is 0 Å². The topological polar surface area (TPSA) is 59.0 Å². The Morgan fingerprint density at radius 1 is 1.38 bits per heavy atom. The molecule has 2 rings (SSSR count). The van der Waals surface area contributed by atoms with E-state index >= 15 is 0 Å². The summed E-state index contributed by atoms with van der Waals surface area (Å²) in [5.74, 6) is 1.18. The minimum Gasteiger partial charge on any atom is -0.493 e. The molecule has 1 unspecified atom stereocenters. The third-order valence-corrected chi connectivity index (χ3v) is 4.44. The number of benzene rings is 1. The number of methoxy groups -OCH3 is 1. The first-order valence-corrected chi connectivity index (χ1v) is 8.74. The third-order valence-electron chi connectivity index (χ3n) is 4.44. The van der Waals surface area contributed by atoms with Crippen molar-refractivity contribution in [1.82, 2.24) is 4.90 Å². The highest BCUT2D eigenvalue weighted by Crippen LogP contribution is 2.29. The number of piperidine rings is 1. The Hall–Kier alpha value is -1.75. The van der Waals surface area contributed by atoms with Crippen LogP contribution in [0.25, 0.3) is 0 Å². The second-order valence-electron chi connectivity index (χ2n) is 6.93. The van der Waals surface area contributed by atoms with Crippen molar-refractivity contribution in [3.8, 4) is 11.5 Å². The first kappa shape index (κ1) is 18.6. The van der Waals surface area contributed by atoms with Crippen LogP contribution in [0.5, 0.6) is 11.5 Å². The van der Waals surface area contributed by atoms with Gasteiger partial charge in [0.2, 0.25) is 0 Å². The lowest BCUT2D eigenvalue weighted by molar-refractivity contribution is -0.143. The molecule has 134 valence electrons. The Kier molecular flexibility index (Phi) is 6.91. The number of aliphatic carboxylic acids is 1. The molecule has 0 aliphatic carbocycles. The van der Waals surface area contributed by atoms with Crippen molar-refractivity contribution in [3.63, 3.8) is 0 Å². The van der Waals surface area contributed by atoms with Crippen LogP contribution in [0.4, 0.5) is 0 Å². The van der Waals surface area contributed by atoms with E-state index in [4.69, 9.17) is 9.47 Å². The molecule has 0 aromatic heterocycles. The summed E-state index contributed by atoms with van der Waals surface area (Å²) in [5, 5.41) is 9.20. The van der Waals surface area contributed by atoms with Gasteiger partial charge in [0, 0.05) is 13.1 Å². The quantitative estimate of drug-likeness (QED) is 0.789. The summed E-state index contributed by atoms with van der Waals surface area (Å²) in [7, 11) is 1.65. The van der Waals surface area contributed by atoms with Crippen LogP contribution in [0.1, 0.15) is 38.7 Å². The number of rotatable bonds is 8. The van der Waals surface area contributed by atoms with Crippen molar-refractivity contribution in [1.29, 1.82) is 0 Å². The number of ether oxygens (including phenoxy) is 2. The molecule has 0 amide bonds. The van der Waals surface area contributed by atoms with Gasteiger partial charge in [0.15, 0.2) is 11.5 Å². The van der Waals surface area contributed by atoms with Gasteiger partial charge < -0.3 is 14.6 Å². The molecule has 1 aliphatic rings. The van der Waals surface area contributed by atoms with E-state index in [0.29, 0.717) is 19.1 Å². The van der Waals surface area contributed by atoms with Gasteiger partial charge in [0.25, 0.3) is 0 Å². The van der Waals surface area contributed by atoms with Crippen LogP contribution >= 0.6 is 0 Å². The summed E-state index contributed by atoms with van der Waals surface area (Å²) < 4.78 is 11.3. The summed E-state index contributed by atoms with van der Waals surface area (Å²) in [4.78, 5) is 13.4. The van der Waals surface area contributed by atoms with E-state index in [1.165, 1.54) is 0 Å². The van der Waals surface area contributed by atoms with Crippen LogP contribution in [0, 0.1) is 11.8 Å². The highest BCUT2D eigenvalue weighted by Gasteiger charge is 2.25. The molecule has 5 nitrogen and oxygen atoms in total. The molecule has 1 N–H and O–H groups in total. The molecule has 0 spiro atoms. The molecular formula is C19H29NO4. The van der Waals surface area contributed by atoms with E-state index in [1.807, 2.05) is 18.2 Å². The van der Waals surface area contributed by atoms with E-state index in [-0.39, 0.29) is 5.92 Å². The van der Waals surface area contributed by atoms with Gasteiger partial charge in [-0.1, -0.05) is 19.9 Å². The van der Waals surface area contributed by atoms with E-state index in [1.54, 1.807) is 7.11 Å². The number of carboxylic acid groups (broad SMARTS) is 1. The number of hydrogen-bond acceptors (Lipinski definition) is 4. The summed E-state index contributed by atoms with van der Waals surface area (Å²) in [6.07, 6.45) is 2.72. The number of likely N-dealkylation sites (tertiary alicyclic amines) is 1. The average molecular weight is 335 g/mol. The zero-order chi connectivity index (χ0) is 17.5. The van der Waals surface area contributed by atoms with Crippen LogP contribution in [-0.2, 0) is 11.3 Å². The average Bonchev–Trinajstić information content (AvgIpc) is 2.56. The maximum absolute atomic E-state index is 11.2. The molecule has 5 heteroatoms. The molecule has 1 fully saturated rings. The molecule has 1 aliphatic heterocycles. The Morgan fingerprint density at radius 3 is 2.83 bits per heavy atom. The molecule has 24 heavy (non-hydrogen) atoms. The minimum absolute atomic E-state index is 0.251. The van der Waals surface area contributed by atoms with Crippen LogP contribution in [0.3, 0.4) is 0 Å². The summed E-state index contributed by atoms with van der Waals surface area (Å²) in [6.45, 7) is 7.33. The molecule has 1 atom stereocenters. The second kappa shape index (κ2) is 8.92. The van der Waals surface area contributed by atoms with Crippen LogP contribution in [0.15, 0.2) is 18.2 Å². The van der Waals surface area contributed by atoms with Crippen LogP contribution in [0.2, 0.25) is 0 Å². The fourth-order valence-corrected chi connectivity index (χ4v) is 2.99. The van der Waals surface area contributed by atoms with E-state index in [0.717, 1.165) is 49.4 Å². The fraction of sp³-hybridized carbons (Fsp3) is 0.632. The fourth-order valence-electron chi connectivity index (χ4n) is 2.99. The lowest BCUT2D eigenvalue weighted by Gasteiger charge is -2.30. The smallest absolute Gasteiger partial charge is 0.307 e. The Labute approximate surface area is 144 Å². The summed E-state index contributed by atoms with van der Waals surface area (Å²) in [6, 6.07) is 5.99. The predicted molar refractivity (Wildman–Crippen MR) is 93.6 cm³/mol. The Balaban J connectivity index is 1.97. The molecule has 1 aromatic carbocycles. The van der Waals surface area contributed by atoms with Gasteiger partial charge in [-0.05, 0) is 49.4 Å². The van der Waals surface area contributed by atoms with Gasteiger partial charge in [-0.3, -0.25) is 9.69 Å². The van der Waals surface area contributed by atoms with Gasteiger partial charge >= 0.3 is 5.97 Å². The molecule has 1 aromatic rings. The predicted octanol–water partition coefficient (Wildman–Crippen LogP) is 3.42. The molecule has 0 bridgehead atoms. The number of hydrogen-bond donors (Lipinski definition) is 1. The molecule has 0 radical (unpaired) electrons. The lowest BCUT2D eigenvalue weighted by Crippen LogP contribution is -2.38. The van der Waals surface area contributed by atoms with Crippen molar-refractivity contribution in [2.75, 3.05) is 26.8 Å². The molecule has 1 heterocycles. The maximum Gasteiger partial charge on any atom is 0.307 e. The van der Waals surface area contributed by atoms with Gasteiger partial charge in [0.1, 0.15) is 0 Å². The van der Waals surface area contributed by atoms with Crippen molar-refractivity contribution in [3.05, 3.63) is 23.8 Å². The summed E-state index contributed by atoms with van der Waals surface area (Å²) >= 11 is 0. The van der Waals surface area contributed by atoms with Gasteiger partial charge in [0.05, 0.1) is 19.6 Å². The molecule has 0 saturated carbocycles. The van der Waals surface area contributed by atoms with E-state index < -0.39 is 5.97 Å². The van der Waals surface area contributed by atoms with Crippen LogP contribution < -0.4 is 9.47 Å². The van der Waals surface area contributed by atoms with E-state index in [9.17, 15) is 9.90 Å². The second-order valence-corrected chi connectivity index (χ2v) is 6.93. The lowest BCUT2D eigenvalue weighted by atomic mass is 9.98. The molecule has 1 saturated heterocycles. The Bertz CT molecular complexity index is 544. The van der Waals surface area contributed by atoms with Gasteiger partial charge in [-0.15, -0.1) is 0 Å². The highest BCUT2D eigenvalue weighted by molar-refractivity contribution is 5.70. The zero-order valence-electron chi connectivity index (χ0n) is 15.0. The molecular weight excluding hydrogens is 306 g/mol. The minimum atomic E-state index is -0.689. The maximum atomic E-state index is 11.2. The third kappa shape index (κ3) is 5.41. The Morgan fingerprint density at radius 2 is 2.17 bits per heavy atom. The van der Waals surface area contributed by atoms with Crippen molar-refractivity contribution in [2.45, 2.75) is 39.7 Å². The monoisotopic (exact) mass is 335 g/mol. The first-order valence-electron chi connectivity index (χ1n) is 8.74. The van der Waals surface area contributed by atoms with Gasteiger partial charge in [-0.2, -0.15) is 0 Å². The first-order chi connectivity index (χ1) is 11.5. The highest BCUT2D eigenvalue weighted by atomic mass is 16.5. The van der Waals surface area contributed by atoms with Crippen molar-refractivity contribution < 1.29 is 19.4 Å². The van der Waals surface area contributed by atoms with Crippen molar-refractivity contribution in [2.24, 2.45) is 11.8 Å².